The van der Waals surface area contributed by atoms with Crippen LogP contribution < -0.4 is 4.74 Å². The molecule has 0 bridgehead atoms. The zero-order valence-corrected chi connectivity index (χ0v) is 11.2. The Balaban J connectivity index is 1.95. The minimum absolute atomic E-state index is 0.0605. The number of carbonyl (C=O) groups excluding carboxylic acids is 1. The van der Waals surface area contributed by atoms with Crippen LogP contribution in [-0.2, 0) is 11.3 Å². The van der Waals surface area contributed by atoms with Gasteiger partial charge in [-0.3, -0.25) is 4.98 Å². The van der Waals surface area contributed by atoms with Gasteiger partial charge in [-0.05, 0) is 18.2 Å². The van der Waals surface area contributed by atoms with Crippen LogP contribution in [0.1, 0.15) is 16.2 Å². The monoisotopic (exact) mass is 312 g/mol. The van der Waals surface area contributed by atoms with Gasteiger partial charge in [0.2, 0.25) is 5.88 Å². The Morgan fingerprint density at radius 3 is 2.64 bits per heavy atom. The second kappa shape index (κ2) is 6.88. The second-order valence-electron chi connectivity index (χ2n) is 4.16. The molecule has 0 aliphatic rings. The lowest BCUT2D eigenvalue weighted by molar-refractivity contribution is -0.154. The predicted molar refractivity (Wildman–Crippen MR) is 69.1 cm³/mol. The SMILES string of the molecule is O=C(OCc1ccccn1)c1cccc(OCC(F)(F)F)n1. The van der Waals surface area contributed by atoms with Gasteiger partial charge >= 0.3 is 12.1 Å². The Hall–Kier alpha value is -2.64. The van der Waals surface area contributed by atoms with Crippen LogP contribution in [-0.4, -0.2) is 28.7 Å². The number of aromatic nitrogens is 2. The first-order chi connectivity index (χ1) is 10.4. The van der Waals surface area contributed by atoms with Crippen molar-refractivity contribution in [3.8, 4) is 5.88 Å². The molecule has 2 rings (SSSR count). The standard InChI is InChI=1S/C14H11F3N2O3/c15-14(16,17)9-22-12-6-3-5-11(19-12)13(20)21-8-10-4-1-2-7-18-10/h1-7H,8-9H2. The summed E-state index contributed by atoms with van der Waals surface area (Å²) in [6, 6.07) is 9.02. The zero-order valence-electron chi connectivity index (χ0n) is 11.2. The fourth-order valence-corrected chi connectivity index (χ4v) is 1.46. The fourth-order valence-electron chi connectivity index (χ4n) is 1.46. The quantitative estimate of drug-likeness (QED) is 0.795. The number of hydrogen-bond acceptors (Lipinski definition) is 5. The van der Waals surface area contributed by atoms with Crippen molar-refractivity contribution in [1.82, 2.24) is 9.97 Å². The molecule has 0 aliphatic heterocycles. The average Bonchev–Trinajstić information content (AvgIpc) is 2.51. The van der Waals surface area contributed by atoms with E-state index in [4.69, 9.17) is 4.74 Å². The summed E-state index contributed by atoms with van der Waals surface area (Å²) in [5, 5.41) is 0. The van der Waals surface area contributed by atoms with Crippen LogP contribution in [0.2, 0.25) is 0 Å². The van der Waals surface area contributed by atoms with E-state index in [2.05, 4.69) is 14.7 Å². The molecule has 0 radical (unpaired) electrons. The number of carbonyl (C=O) groups is 1. The molecular formula is C14H11F3N2O3. The number of pyridine rings is 2. The van der Waals surface area contributed by atoms with Crippen molar-refractivity contribution in [2.24, 2.45) is 0 Å². The molecule has 0 unspecified atom stereocenters. The van der Waals surface area contributed by atoms with Gasteiger partial charge in [0.25, 0.3) is 0 Å². The third kappa shape index (κ3) is 5.04. The third-order valence-corrected chi connectivity index (χ3v) is 2.39. The highest BCUT2D eigenvalue weighted by Crippen LogP contribution is 2.17. The van der Waals surface area contributed by atoms with E-state index in [-0.39, 0.29) is 18.2 Å². The predicted octanol–water partition coefficient (Wildman–Crippen LogP) is 2.77. The molecule has 0 aromatic carbocycles. The van der Waals surface area contributed by atoms with Gasteiger partial charge in [0.1, 0.15) is 6.61 Å². The number of esters is 1. The van der Waals surface area contributed by atoms with Crippen molar-refractivity contribution in [1.29, 1.82) is 0 Å². The summed E-state index contributed by atoms with van der Waals surface area (Å²) >= 11 is 0. The van der Waals surface area contributed by atoms with E-state index in [0.29, 0.717) is 5.69 Å². The first-order valence-corrected chi connectivity index (χ1v) is 6.18. The molecule has 5 nitrogen and oxygen atoms in total. The van der Waals surface area contributed by atoms with Crippen molar-refractivity contribution in [2.75, 3.05) is 6.61 Å². The maximum Gasteiger partial charge on any atom is 0.422 e. The topological polar surface area (TPSA) is 61.3 Å². The van der Waals surface area contributed by atoms with Crippen LogP contribution in [0.4, 0.5) is 13.2 Å². The van der Waals surface area contributed by atoms with Crippen LogP contribution in [0.5, 0.6) is 5.88 Å². The first-order valence-electron chi connectivity index (χ1n) is 6.18. The Morgan fingerprint density at radius 1 is 1.14 bits per heavy atom. The summed E-state index contributed by atoms with van der Waals surface area (Å²) in [5.74, 6) is -1.08. The molecule has 0 amide bonds. The van der Waals surface area contributed by atoms with Gasteiger partial charge in [0.05, 0.1) is 5.69 Å². The zero-order chi connectivity index (χ0) is 16.0. The van der Waals surface area contributed by atoms with Gasteiger partial charge in [0, 0.05) is 12.3 Å². The summed E-state index contributed by atoms with van der Waals surface area (Å²) in [5.41, 5.74) is 0.399. The van der Waals surface area contributed by atoms with Gasteiger partial charge in [-0.25, -0.2) is 9.78 Å². The summed E-state index contributed by atoms with van der Waals surface area (Å²) in [7, 11) is 0. The average molecular weight is 312 g/mol. The lowest BCUT2D eigenvalue weighted by Crippen LogP contribution is -2.20. The first kappa shape index (κ1) is 15.7. The largest absolute Gasteiger partial charge is 0.468 e. The number of halogens is 3. The van der Waals surface area contributed by atoms with E-state index in [9.17, 15) is 18.0 Å². The number of hydrogen-bond donors (Lipinski definition) is 0. The molecule has 22 heavy (non-hydrogen) atoms. The second-order valence-corrected chi connectivity index (χ2v) is 4.16. The minimum Gasteiger partial charge on any atom is -0.468 e. The van der Waals surface area contributed by atoms with E-state index in [1.54, 1.807) is 24.4 Å². The van der Waals surface area contributed by atoms with Crippen LogP contribution >= 0.6 is 0 Å². The number of rotatable bonds is 5. The van der Waals surface area contributed by atoms with Crippen LogP contribution in [0.25, 0.3) is 0 Å². The van der Waals surface area contributed by atoms with E-state index in [1.807, 2.05) is 0 Å². The molecule has 2 aromatic rings. The number of ether oxygens (including phenoxy) is 2. The van der Waals surface area contributed by atoms with Crippen molar-refractivity contribution >= 4 is 5.97 Å². The fraction of sp³-hybridized carbons (Fsp3) is 0.214. The van der Waals surface area contributed by atoms with Crippen molar-refractivity contribution in [3.63, 3.8) is 0 Å². The van der Waals surface area contributed by atoms with Crippen LogP contribution in [0.15, 0.2) is 42.6 Å². The molecule has 0 aliphatic carbocycles. The molecule has 0 saturated carbocycles. The normalized spacial score (nSPS) is 11.0. The van der Waals surface area contributed by atoms with Crippen molar-refractivity contribution in [3.05, 3.63) is 54.0 Å². The van der Waals surface area contributed by atoms with E-state index < -0.39 is 18.8 Å². The summed E-state index contributed by atoms with van der Waals surface area (Å²) < 4.78 is 45.6. The van der Waals surface area contributed by atoms with E-state index >= 15 is 0 Å². The Kier molecular flexibility index (Phi) is 4.92. The van der Waals surface area contributed by atoms with Gasteiger partial charge in [-0.1, -0.05) is 12.1 Å². The van der Waals surface area contributed by atoms with Crippen molar-refractivity contribution in [2.45, 2.75) is 12.8 Å². The van der Waals surface area contributed by atoms with Crippen LogP contribution in [0.3, 0.4) is 0 Å². The highest BCUT2D eigenvalue weighted by Gasteiger charge is 2.28. The van der Waals surface area contributed by atoms with E-state index in [0.717, 1.165) is 0 Å². The van der Waals surface area contributed by atoms with Gasteiger partial charge in [-0.2, -0.15) is 13.2 Å². The van der Waals surface area contributed by atoms with Gasteiger partial charge in [-0.15, -0.1) is 0 Å². The van der Waals surface area contributed by atoms with Gasteiger partial charge in [0.15, 0.2) is 12.3 Å². The molecule has 0 spiro atoms. The Morgan fingerprint density at radius 2 is 1.95 bits per heavy atom. The summed E-state index contributed by atoms with van der Waals surface area (Å²) in [6.45, 7) is -1.54. The smallest absolute Gasteiger partial charge is 0.422 e. The molecule has 0 saturated heterocycles. The molecule has 2 heterocycles. The number of nitrogens with zero attached hydrogens (tertiary/aromatic N) is 2. The highest BCUT2D eigenvalue weighted by atomic mass is 19.4. The lowest BCUT2D eigenvalue weighted by Gasteiger charge is -2.09. The van der Waals surface area contributed by atoms with Crippen LogP contribution in [0, 0.1) is 0 Å². The lowest BCUT2D eigenvalue weighted by atomic mass is 10.3. The van der Waals surface area contributed by atoms with Crippen molar-refractivity contribution < 1.29 is 27.4 Å². The maximum absolute atomic E-state index is 12.1. The maximum atomic E-state index is 12.1. The molecule has 2 aromatic heterocycles. The van der Waals surface area contributed by atoms with Gasteiger partial charge < -0.3 is 9.47 Å². The minimum atomic E-state index is -4.48. The molecule has 0 atom stereocenters. The molecular weight excluding hydrogens is 301 g/mol. The van der Waals surface area contributed by atoms with E-state index in [1.165, 1.54) is 18.2 Å². The molecule has 0 fully saturated rings. The molecule has 116 valence electrons. The summed E-state index contributed by atoms with van der Waals surface area (Å²) in [6.07, 6.45) is -2.93. The third-order valence-electron chi connectivity index (χ3n) is 2.39. The Bertz CT molecular complexity index is 633. The molecule has 0 N–H and O–H groups in total. The highest BCUT2D eigenvalue weighted by molar-refractivity contribution is 5.87. The number of alkyl halides is 3. The molecule has 8 heteroatoms. The summed E-state index contributed by atoms with van der Waals surface area (Å²) in [4.78, 5) is 19.4. The Labute approximate surface area is 123 Å².